The zero-order chi connectivity index (χ0) is 22.8. The third kappa shape index (κ3) is 4.55. The molecule has 1 unspecified atom stereocenters. The van der Waals surface area contributed by atoms with E-state index in [1.165, 1.54) is 5.56 Å². The van der Waals surface area contributed by atoms with E-state index >= 15 is 0 Å². The molecule has 1 atom stereocenters. The topological polar surface area (TPSA) is 27.6 Å². The lowest BCUT2D eigenvalue weighted by Crippen LogP contribution is -2.52. The summed E-state index contributed by atoms with van der Waals surface area (Å²) in [6.07, 6.45) is -2.68. The van der Waals surface area contributed by atoms with Crippen LogP contribution in [-0.4, -0.2) is 16.8 Å². The first-order valence-corrected chi connectivity index (χ1v) is 10.7. The number of nitrogens with one attached hydrogen (secondary N) is 1. The SMILES string of the molecule is CC(C)(c1ccc(C(F)(F)F)cc1)N1NN=C(c2ccccc2)C1CCc1ccccc1. The Labute approximate surface area is 186 Å². The highest BCUT2D eigenvalue weighted by molar-refractivity contribution is 6.05. The highest BCUT2D eigenvalue weighted by Gasteiger charge is 2.41. The van der Waals surface area contributed by atoms with Crippen molar-refractivity contribution in [3.05, 3.63) is 107 Å². The van der Waals surface area contributed by atoms with Crippen LogP contribution in [-0.2, 0) is 18.1 Å². The summed E-state index contributed by atoms with van der Waals surface area (Å²) in [5, 5.41) is 6.70. The number of hydrogen-bond donors (Lipinski definition) is 1. The third-order valence-electron chi connectivity index (χ3n) is 6.05. The molecule has 3 aromatic carbocycles. The minimum Gasteiger partial charge on any atom is -0.239 e. The summed E-state index contributed by atoms with van der Waals surface area (Å²) in [4.78, 5) is 0. The van der Waals surface area contributed by atoms with Crippen LogP contribution in [0, 0.1) is 0 Å². The molecule has 6 heteroatoms. The van der Waals surface area contributed by atoms with Crippen molar-refractivity contribution in [2.24, 2.45) is 5.10 Å². The van der Waals surface area contributed by atoms with Gasteiger partial charge in [0, 0.05) is 0 Å². The van der Waals surface area contributed by atoms with E-state index in [4.69, 9.17) is 0 Å². The van der Waals surface area contributed by atoms with Gasteiger partial charge in [-0.25, -0.2) is 5.53 Å². The molecule has 1 heterocycles. The Balaban J connectivity index is 1.63. The van der Waals surface area contributed by atoms with Crippen molar-refractivity contribution in [2.75, 3.05) is 0 Å². The molecule has 0 bridgehead atoms. The number of benzene rings is 3. The van der Waals surface area contributed by atoms with Crippen LogP contribution in [0.15, 0.2) is 90.0 Å². The molecule has 0 aliphatic carbocycles. The van der Waals surface area contributed by atoms with Gasteiger partial charge in [0.2, 0.25) is 0 Å². The number of hydrazine groups is 1. The zero-order valence-corrected chi connectivity index (χ0v) is 18.1. The average molecular weight is 438 g/mol. The van der Waals surface area contributed by atoms with E-state index in [9.17, 15) is 13.2 Å². The van der Waals surface area contributed by atoms with Crippen LogP contribution < -0.4 is 5.53 Å². The molecule has 1 N–H and O–H groups in total. The molecular weight excluding hydrogens is 411 g/mol. The standard InChI is InChI=1S/C26H26F3N3/c1-25(2,21-14-16-22(17-15-21)26(27,28)29)32-23(18-13-19-9-5-3-6-10-19)24(30-31-32)20-11-7-4-8-12-20/h3-12,14-17,23,31H,13,18H2,1-2H3. The second-order valence-corrected chi connectivity index (χ2v) is 8.51. The zero-order valence-electron chi connectivity index (χ0n) is 18.1. The van der Waals surface area contributed by atoms with Crippen molar-refractivity contribution in [3.8, 4) is 0 Å². The maximum atomic E-state index is 13.0. The summed E-state index contributed by atoms with van der Waals surface area (Å²) < 4.78 is 39.1. The van der Waals surface area contributed by atoms with Crippen LogP contribution >= 0.6 is 0 Å². The van der Waals surface area contributed by atoms with Crippen LogP contribution in [0.3, 0.4) is 0 Å². The Hall–Kier alpha value is -3.12. The number of hydrazone groups is 1. The summed E-state index contributed by atoms with van der Waals surface area (Å²) in [6.45, 7) is 4.00. The van der Waals surface area contributed by atoms with Gasteiger partial charge in [0.25, 0.3) is 0 Å². The van der Waals surface area contributed by atoms with Crippen LogP contribution in [0.4, 0.5) is 13.2 Å². The largest absolute Gasteiger partial charge is 0.416 e. The van der Waals surface area contributed by atoms with E-state index in [1.54, 1.807) is 12.1 Å². The van der Waals surface area contributed by atoms with Gasteiger partial charge in [-0.2, -0.15) is 23.3 Å². The van der Waals surface area contributed by atoms with Crippen LogP contribution in [0.1, 0.15) is 42.5 Å². The summed E-state index contributed by atoms with van der Waals surface area (Å²) in [6, 6.07) is 25.6. The molecule has 0 aromatic heterocycles. The first-order chi connectivity index (χ1) is 15.3. The van der Waals surface area contributed by atoms with E-state index in [1.807, 2.05) is 62.4 Å². The Morgan fingerprint density at radius 1 is 0.812 bits per heavy atom. The molecule has 1 aliphatic heterocycles. The van der Waals surface area contributed by atoms with Crippen LogP contribution in [0.5, 0.6) is 0 Å². The first-order valence-electron chi connectivity index (χ1n) is 10.7. The van der Waals surface area contributed by atoms with Crippen LogP contribution in [0.2, 0.25) is 0 Å². The molecule has 166 valence electrons. The van der Waals surface area contributed by atoms with Gasteiger partial charge in [-0.15, -0.1) is 0 Å². The summed E-state index contributed by atoms with van der Waals surface area (Å²) in [5.41, 5.74) is 5.92. The highest BCUT2D eigenvalue weighted by atomic mass is 19.4. The molecule has 3 aromatic rings. The molecule has 4 rings (SSSR count). The predicted octanol–water partition coefficient (Wildman–Crippen LogP) is 6.17. The molecular formula is C26H26F3N3. The van der Waals surface area contributed by atoms with Crippen molar-refractivity contribution < 1.29 is 13.2 Å². The molecule has 1 aliphatic rings. The predicted molar refractivity (Wildman–Crippen MR) is 121 cm³/mol. The Bertz CT molecular complexity index is 1060. The molecule has 32 heavy (non-hydrogen) atoms. The quantitative estimate of drug-likeness (QED) is 0.500. The minimum atomic E-state index is -4.35. The summed E-state index contributed by atoms with van der Waals surface area (Å²) in [5.74, 6) is 0. The van der Waals surface area contributed by atoms with Crippen molar-refractivity contribution in [2.45, 2.75) is 44.4 Å². The van der Waals surface area contributed by atoms with Gasteiger partial charge in [-0.05, 0) is 55.5 Å². The maximum absolute atomic E-state index is 13.0. The second kappa shape index (κ2) is 8.79. The Kier molecular flexibility index (Phi) is 6.07. The lowest BCUT2D eigenvalue weighted by molar-refractivity contribution is -0.137. The lowest BCUT2D eigenvalue weighted by atomic mass is 9.88. The van der Waals surface area contributed by atoms with Gasteiger partial charge >= 0.3 is 6.18 Å². The number of aryl methyl sites for hydroxylation is 1. The molecule has 0 saturated carbocycles. The van der Waals surface area contributed by atoms with Crippen molar-refractivity contribution >= 4 is 5.71 Å². The number of hydrogen-bond acceptors (Lipinski definition) is 3. The summed E-state index contributed by atoms with van der Waals surface area (Å²) in [7, 11) is 0. The van der Waals surface area contributed by atoms with E-state index in [2.05, 4.69) is 27.8 Å². The van der Waals surface area contributed by atoms with Crippen LogP contribution in [0.25, 0.3) is 0 Å². The Morgan fingerprint density at radius 2 is 1.38 bits per heavy atom. The van der Waals surface area contributed by atoms with E-state index in [0.717, 1.165) is 41.8 Å². The molecule has 0 amide bonds. The van der Waals surface area contributed by atoms with Gasteiger partial charge < -0.3 is 0 Å². The molecule has 0 saturated heterocycles. The van der Waals surface area contributed by atoms with Crippen molar-refractivity contribution in [3.63, 3.8) is 0 Å². The Morgan fingerprint density at radius 3 is 1.97 bits per heavy atom. The maximum Gasteiger partial charge on any atom is 0.416 e. The normalized spacial score (nSPS) is 17.2. The fraction of sp³-hybridized carbons (Fsp3) is 0.269. The molecule has 3 nitrogen and oxygen atoms in total. The number of halogens is 3. The van der Waals surface area contributed by atoms with Crippen molar-refractivity contribution in [1.82, 2.24) is 10.5 Å². The van der Waals surface area contributed by atoms with E-state index < -0.39 is 17.3 Å². The van der Waals surface area contributed by atoms with Gasteiger partial charge in [0.15, 0.2) is 0 Å². The second-order valence-electron chi connectivity index (χ2n) is 8.51. The van der Waals surface area contributed by atoms with Gasteiger partial charge in [-0.3, -0.25) is 0 Å². The fourth-order valence-electron chi connectivity index (χ4n) is 4.17. The smallest absolute Gasteiger partial charge is 0.239 e. The number of nitrogens with zero attached hydrogens (tertiary/aromatic N) is 2. The monoisotopic (exact) mass is 437 g/mol. The highest BCUT2D eigenvalue weighted by Crippen LogP contribution is 2.35. The number of rotatable bonds is 6. The average Bonchev–Trinajstić information content (AvgIpc) is 3.23. The van der Waals surface area contributed by atoms with Gasteiger partial charge in [0.05, 0.1) is 22.9 Å². The fourth-order valence-corrected chi connectivity index (χ4v) is 4.17. The van der Waals surface area contributed by atoms with E-state index in [-0.39, 0.29) is 6.04 Å². The number of alkyl halides is 3. The van der Waals surface area contributed by atoms with E-state index in [0.29, 0.717) is 0 Å². The van der Waals surface area contributed by atoms with Crippen molar-refractivity contribution in [1.29, 1.82) is 0 Å². The van der Waals surface area contributed by atoms with Gasteiger partial charge in [-0.1, -0.05) is 72.8 Å². The minimum absolute atomic E-state index is 0.0464. The van der Waals surface area contributed by atoms with Gasteiger partial charge in [0.1, 0.15) is 0 Å². The first kappa shape index (κ1) is 22.1. The molecule has 0 fully saturated rings. The lowest BCUT2D eigenvalue weighted by Gasteiger charge is -2.39. The third-order valence-corrected chi connectivity index (χ3v) is 6.05. The summed E-state index contributed by atoms with van der Waals surface area (Å²) >= 11 is 0. The molecule has 0 spiro atoms. The molecule has 0 radical (unpaired) electrons.